The van der Waals surface area contributed by atoms with Gasteiger partial charge in [-0.15, -0.1) is 0 Å². The van der Waals surface area contributed by atoms with Gasteiger partial charge >= 0.3 is 6.18 Å². The molecule has 0 N–H and O–H groups in total. The number of amides is 1. The molecule has 108 valence electrons. The predicted octanol–water partition coefficient (Wildman–Crippen LogP) is 2.78. The molecule has 0 saturated carbocycles. The topological polar surface area (TPSA) is 44.1 Å². The number of hydrogen-bond donors (Lipinski definition) is 0. The Bertz CT molecular complexity index is 479. The number of nitriles is 1. The lowest BCUT2D eigenvalue weighted by Gasteiger charge is -2.20. The molecule has 1 rings (SSSR count). The SMILES string of the molecule is CN(CCC(F)(F)F)C(=O)C(C#N)Cc1ccccc1. The van der Waals surface area contributed by atoms with Crippen molar-refractivity contribution in [3.63, 3.8) is 0 Å². The maximum absolute atomic E-state index is 12.1. The van der Waals surface area contributed by atoms with Gasteiger partial charge in [0.1, 0.15) is 5.92 Å². The molecular formula is C14H15F3N2O. The Kier molecular flexibility index (Phi) is 5.56. The van der Waals surface area contributed by atoms with Gasteiger partial charge in [0.2, 0.25) is 5.91 Å². The second-order valence-corrected chi connectivity index (χ2v) is 4.50. The van der Waals surface area contributed by atoms with Crippen LogP contribution in [0.25, 0.3) is 0 Å². The van der Waals surface area contributed by atoms with Gasteiger partial charge < -0.3 is 4.90 Å². The number of rotatable bonds is 5. The minimum Gasteiger partial charge on any atom is -0.344 e. The first-order chi connectivity index (χ1) is 9.33. The number of carbonyl (C=O) groups is 1. The fraction of sp³-hybridized carbons (Fsp3) is 0.429. The van der Waals surface area contributed by atoms with Crippen molar-refractivity contribution >= 4 is 5.91 Å². The van der Waals surface area contributed by atoms with Gasteiger partial charge in [0.25, 0.3) is 0 Å². The summed E-state index contributed by atoms with van der Waals surface area (Å²) in [4.78, 5) is 12.9. The van der Waals surface area contributed by atoms with Crippen LogP contribution in [-0.2, 0) is 11.2 Å². The largest absolute Gasteiger partial charge is 0.390 e. The third-order valence-corrected chi connectivity index (χ3v) is 2.84. The van der Waals surface area contributed by atoms with Crippen LogP contribution in [-0.4, -0.2) is 30.6 Å². The molecule has 1 aromatic rings. The molecule has 0 aliphatic rings. The minimum atomic E-state index is -4.31. The lowest BCUT2D eigenvalue weighted by molar-refractivity contribution is -0.145. The molecule has 0 saturated heterocycles. The molecule has 0 bridgehead atoms. The van der Waals surface area contributed by atoms with Crippen LogP contribution in [0.4, 0.5) is 13.2 Å². The third-order valence-electron chi connectivity index (χ3n) is 2.84. The number of alkyl halides is 3. The molecule has 6 heteroatoms. The van der Waals surface area contributed by atoms with Crippen molar-refractivity contribution in [2.24, 2.45) is 5.92 Å². The molecule has 1 amide bonds. The lowest BCUT2D eigenvalue weighted by Crippen LogP contribution is -2.35. The molecule has 1 unspecified atom stereocenters. The highest BCUT2D eigenvalue weighted by Gasteiger charge is 2.29. The van der Waals surface area contributed by atoms with Crippen molar-refractivity contribution in [3.05, 3.63) is 35.9 Å². The first kappa shape index (κ1) is 16.0. The van der Waals surface area contributed by atoms with Crippen LogP contribution < -0.4 is 0 Å². The molecule has 0 fully saturated rings. The molecule has 0 aliphatic carbocycles. The maximum atomic E-state index is 12.1. The van der Waals surface area contributed by atoms with Gasteiger partial charge in [0.15, 0.2) is 0 Å². The first-order valence-corrected chi connectivity index (χ1v) is 6.09. The molecule has 0 spiro atoms. The van der Waals surface area contributed by atoms with E-state index in [-0.39, 0.29) is 6.42 Å². The smallest absolute Gasteiger partial charge is 0.344 e. The zero-order chi connectivity index (χ0) is 15.2. The van der Waals surface area contributed by atoms with Gasteiger partial charge in [-0.2, -0.15) is 18.4 Å². The average molecular weight is 284 g/mol. The molecule has 0 heterocycles. The molecule has 0 aromatic heterocycles. The number of benzene rings is 1. The number of carbonyl (C=O) groups excluding carboxylic acids is 1. The molecular weight excluding hydrogens is 269 g/mol. The van der Waals surface area contributed by atoms with E-state index in [0.717, 1.165) is 10.5 Å². The quantitative estimate of drug-likeness (QED) is 0.834. The Hall–Kier alpha value is -2.03. The average Bonchev–Trinajstić information content (AvgIpc) is 2.41. The van der Waals surface area contributed by atoms with Crippen molar-refractivity contribution in [3.8, 4) is 6.07 Å². The van der Waals surface area contributed by atoms with Crippen molar-refractivity contribution in [2.75, 3.05) is 13.6 Å². The van der Waals surface area contributed by atoms with E-state index in [9.17, 15) is 18.0 Å². The minimum absolute atomic E-state index is 0.201. The molecule has 1 atom stereocenters. The number of halogens is 3. The van der Waals surface area contributed by atoms with E-state index in [1.165, 1.54) is 7.05 Å². The van der Waals surface area contributed by atoms with Gasteiger partial charge in [-0.25, -0.2) is 0 Å². The summed E-state index contributed by atoms with van der Waals surface area (Å²) >= 11 is 0. The summed E-state index contributed by atoms with van der Waals surface area (Å²) in [5.41, 5.74) is 0.802. The van der Waals surface area contributed by atoms with Crippen molar-refractivity contribution < 1.29 is 18.0 Å². The Morgan fingerprint density at radius 3 is 2.45 bits per heavy atom. The number of hydrogen-bond acceptors (Lipinski definition) is 2. The molecule has 0 aliphatic heterocycles. The third kappa shape index (κ3) is 5.31. The summed E-state index contributed by atoms with van der Waals surface area (Å²) in [7, 11) is 1.28. The van der Waals surface area contributed by atoms with Crippen LogP contribution in [0.1, 0.15) is 12.0 Å². The Morgan fingerprint density at radius 2 is 1.95 bits per heavy atom. The van der Waals surface area contributed by atoms with E-state index in [4.69, 9.17) is 5.26 Å². The second kappa shape index (κ2) is 6.94. The Balaban J connectivity index is 2.61. The van der Waals surface area contributed by atoms with Gasteiger partial charge in [-0.3, -0.25) is 4.79 Å². The molecule has 20 heavy (non-hydrogen) atoms. The first-order valence-electron chi connectivity index (χ1n) is 6.09. The van der Waals surface area contributed by atoms with Crippen LogP contribution in [0.2, 0.25) is 0 Å². The fourth-order valence-electron chi connectivity index (χ4n) is 1.71. The van der Waals surface area contributed by atoms with Gasteiger partial charge in [0, 0.05) is 13.6 Å². The van der Waals surface area contributed by atoms with Gasteiger partial charge in [-0.1, -0.05) is 30.3 Å². The van der Waals surface area contributed by atoms with Crippen LogP contribution >= 0.6 is 0 Å². The molecule has 0 radical (unpaired) electrons. The highest BCUT2D eigenvalue weighted by Crippen LogP contribution is 2.20. The van der Waals surface area contributed by atoms with E-state index in [1.807, 2.05) is 12.1 Å². The molecule has 1 aromatic carbocycles. The van der Waals surface area contributed by atoms with E-state index >= 15 is 0 Å². The van der Waals surface area contributed by atoms with Crippen molar-refractivity contribution in [1.82, 2.24) is 4.90 Å². The zero-order valence-electron chi connectivity index (χ0n) is 11.0. The summed E-state index contributed by atoms with van der Waals surface area (Å²) < 4.78 is 36.3. The Morgan fingerprint density at radius 1 is 1.35 bits per heavy atom. The van der Waals surface area contributed by atoms with E-state index in [1.54, 1.807) is 24.3 Å². The predicted molar refractivity (Wildman–Crippen MR) is 67.6 cm³/mol. The summed E-state index contributed by atoms with van der Waals surface area (Å²) in [5.74, 6) is -1.55. The van der Waals surface area contributed by atoms with Crippen molar-refractivity contribution in [1.29, 1.82) is 5.26 Å². The van der Waals surface area contributed by atoms with Crippen LogP contribution in [0.5, 0.6) is 0 Å². The number of nitrogens with zero attached hydrogens (tertiary/aromatic N) is 2. The Labute approximate surface area is 115 Å². The van der Waals surface area contributed by atoms with Crippen LogP contribution in [0.15, 0.2) is 30.3 Å². The summed E-state index contributed by atoms with van der Waals surface area (Å²) in [6.45, 7) is -0.435. The van der Waals surface area contributed by atoms with Crippen molar-refractivity contribution in [2.45, 2.75) is 19.0 Å². The van der Waals surface area contributed by atoms with Gasteiger partial charge in [0.05, 0.1) is 12.5 Å². The maximum Gasteiger partial charge on any atom is 0.390 e. The zero-order valence-corrected chi connectivity index (χ0v) is 11.0. The van der Waals surface area contributed by atoms with Crippen LogP contribution in [0.3, 0.4) is 0 Å². The summed E-state index contributed by atoms with van der Waals surface area (Å²) in [6, 6.07) is 10.8. The normalized spacial score (nSPS) is 12.6. The highest BCUT2D eigenvalue weighted by molar-refractivity contribution is 5.81. The lowest BCUT2D eigenvalue weighted by atomic mass is 9.99. The summed E-state index contributed by atoms with van der Waals surface area (Å²) in [6.07, 6.45) is -5.18. The van der Waals surface area contributed by atoms with E-state index in [2.05, 4.69) is 0 Å². The van der Waals surface area contributed by atoms with E-state index in [0.29, 0.717) is 0 Å². The van der Waals surface area contributed by atoms with E-state index < -0.39 is 31.0 Å². The van der Waals surface area contributed by atoms with Crippen LogP contribution in [0, 0.1) is 17.2 Å². The summed E-state index contributed by atoms with van der Waals surface area (Å²) in [5, 5.41) is 9.02. The fourth-order valence-corrected chi connectivity index (χ4v) is 1.71. The van der Waals surface area contributed by atoms with Gasteiger partial charge in [-0.05, 0) is 12.0 Å². The highest BCUT2D eigenvalue weighted by atomic mass is 19.4. The second-order valence-electron chi connectivity index (χ2n) is 4.50. The standard InChI is InChI=1S/C14H15F3N2O/c1-19(8-7-14(15,16)17)13(20)12(10-18)9-11-5-3-2-4-6-11/h2-6,12H,7-9H2,1H3. The molecule has 3 nitrogen and oxygen atoms in total. The monoisotopic (exact) mass is 284 g/mol.